The van der Waals surface area contributed by atoms with Crippen LogP contribution in [-0.4, -0.2) is 29.3 Å². The van der Waals surface area contributed by atoms with Gasteiger partial charge in [0.15, 0.2) is 18.1 Å². The van der Waals surface area contributed by atoms with E-state index in [4.69, 9.17) is 33.3 Å². The van der Waals surface area contributed by atoms with Crippen molar-refractivity contribution in [2.24, 2.45) is 0 Å². The van der Waals surface area contributed by atoms with E-state index in [1.54, 1.807) is 24.3 Å². The zero-order chi connectivity index (χ0) is 21.7. The van der Waals surface area contributed by atoms with Crippen LogP contribution in [0.15, 0.2) is 41.3 Å². The number of thioether (sulfide) groups is 1. The Morgan fingerprint density at radius 3 is 2.77 bits per heavy atom. The second kappa shape index (κ2) is 9.97. The molecule has 30 heavy (non-hydrogen) atoms. The molecule has 1 saturated heterocycles. The summed E-state index contributed by atoms with van der Waals surface area (Å²) >= 11 is 12.6. The van der Waals surface area contributed by atoms with E-state index in [0.717, 1.165) is 5.56 Å². The monoisotopic (exact) mass is 462 g/mol. The second-order valence-corrected chi connectivity index (χ2v) is 8.45. The molecule has 2 aromatic carbocycles. The van der Waals surface area contributed by atoms with Gasteiger partial charge in [-0.1, -0.05) is 47.7 Å². The lowest BCUT2D eigenvalue weighted by Crippen LogP contribution is -2.20. The van der Waals surface area contributed by atoms with E-state index in [1.165, 1.54) is 11.8 Å². The topological polar surface area (TPSA) is 76.7 Å². The van der Waals surface area contributed by atoms with Gasteiger partial charge in [-0.05, 0) is 55.3 Å². The summed E-state index contributed by atoms with van der Waals surface area (Å²) in [6, 6.07) is 10.8. The van der Waals surface area contributed by atoms with E-state index >= 15 is 0 Å². The van der Waals surface area contributed by atoms with Gasteiger partial charge in [0.05, 0.1) is 16.5 Å². The van der Waals surface area contributed by atoms with Crippen molar-refractivity contribution in [3.63, 3.8) is 0 Å². The minimum atomic E-state index is -0.321. The first kappa shape index (κ1) is 22.1. The first-order valence-electron chi connectivity index (χ1n) is 9.06. The number of hydrogen-bond donors (Lipinski definition) is 2. The van der Waals surface area contributed by atoms with Crippen LogP contribution in [0, 0.1) is 6.92 Å². The molecule has 1 heterocycles. The summed E-state index contributed by atoms with van der Waals surface area (Å²) in [7, 11) is 0. The molecule has 0 unspecified atom stereocenters. The average Bonchev–Trinajstić information content (AvgIpc) is 2.98. The maximum atomic E-state index is 12.3. The number of thiocarbonyl (C=S) groups is 1. The van der Waals surface area contributed by atoms with Gasteiger partial charge < -0.3 is 20.1 Å². The number of hydrogen-bond acceptors (Lipinski definition) is 6. The number of amides is 2. The van der Waals surface area contributed by atoms with E-state index < -0.39 is 0 Å². The Morgan fingerprint density at radius 2 is 2.10 bits per heavy atom. The molecule has 0 spiro atoms. The molecule has 0 radical (unpaired) electrons. The highest BCUT2D eigenvalue weighted by Crippen LogP contribution is 2.38. The van der Waals surface area contributed by atoms with Gasteiger partial charge in [-0.2, -0.15) is 0 Å². The number of anilines is 1. The zero-order valence-electron chi connectivity index (χ0n) is 16.3. The molecule has 1 fully saturated rings. The van der Waals surface area contributed by atoms with Gasteiger partial charge in [0, 0.05) is 5.69 Å². The minimum Gasteiger partial charge on any atom is -0.490 e. The molecule has 2 amide bonds. The summed E-state index contributed by atoms with van der Waals surface area (Å²) in [6.07, 6.45) is 1.67. The van der Waals surface area contributed by atoms with Crippen LogP contribution < -0.4 is 20.1 Å². The molecular weight excluding hydrogens is 444 g/mol. The lowest BCUT2D eigenvalue weighted by molar-refractivity contribution is -0.118. The van der Waals surface area contributed by atoms with Crippen LogP contribution in [0.5, 0.6) is 11.5 Å². The van der Waals surface area contributed by atoms with Crippen LogP contribution >= 0.6 is 35.6 Å². The molecule has 2 aromatic rings. The lowest BCUT2D eigenvalue weighted by atomic mass is 10.2. The average molecular weight is 463 g/mol. The fraction of sp³-hybridized carbons (Fsp3) is 0.190. The number of carbonyl (C=O) groups is 2. The maximum Gasteiger partial charge on any atom is 0.263 e. The second-order valence-electron chi connectivity index (χ2n) is 6.32. The predicted octanol–water partition coefficient (Wildman–Crippen LogP) is 4.55. The number of aryl methyl sites for hydroxylation is 1. The molecule has 3 rings (SSSR count). The Bertz CT molecular complexity index is 1040. The van der Waals surface area contributed by atoms with Gasteiger partial charge in [0.1, 0.15) is 4.32 Å². The molecule has 2 N–H and O–H groups in total. The van der Waals surface area contributed by atoms with Crippen molar-refractivity contribution in [3.8, 4) is 11.5 Å². The van der Waals surface area contributed by atoms with Crippen LogP contribution in [0.2, 0.25) is 5.02 Å². The van der Waals surface area contributed by atoms with Crippen molar-refractivity contribution in [3.05, 3.63) is 57.5 Å². The molecule has 1 aliphatic rings. The Hall–Kier alpha value is -2.55. The first-order chi connectivity index (χ1) is 14.4. The Morgan fingerprint density at radius 1 is 1.30 bits per heavy atom. The number of benzene rings is 2. The number of rotatable bonds is 7. The van der Waals surface area contributed by atoms with Crippen LogP contribution in [0.3, 0.4) is 0 Å². The van der Waals surface area contributed by atoms with Gasteiger partial charge in [-0.3, -0.25) is 9.59 Å². The van der Waals surface area contributed by atoms with Crippen molar-refractivity contribution >= 4 is 63.5 Å². The SMILES string of the molecule is CCOc1cc(/C=C2\SC(=S)NC2=O)cc(Cl)c1OCC(=O)Nc1cccc(C)c1. The van der Waals surface area contributed by atoms with Gasteiger partial charge in [-0.25, -0.2) is 0 Å². The Kier molecular flexibility index (Phi) is 7.36. The summed E-state index contributed by atoms with van der Waals surface area (Å²) in [6.45, 7) is 3.91. The molecule has 156 valence electrons. The number of ether oxygens (including phenoxy) is 2. The summed E-state index contributed by atoms with van der Waals surface area (Å²) in [4.78, 5) is 24.6. The van der Waals surface area contributed by atoms with Gasteiger partial charge in [-0.15, -0.1) is 0 Å². The maximum absolute atomic E-state index is 12.3. The Balaban J connectivity index is 1.75. The predicted molar refractivity (Wildman–Crippen MR) is 124 cm³/mol. The van der Waals surface area contributed by atoms with Crippen LogP contribution in [-0.2, 0) is 9.59 Å². The van der Waals surface area contributed by atoms with E-state index in [1.807, 2.05) is 32.0 Å². The van der Waals surface area contributed by atoms with E-state index in [9.17, 15) is 9.59 Å². The van der Waals surface area contributed by atoms with E-state index in [2.05, 4.69) is 10.6 Å². The molecule has 0 bridgehead atoms. The van der Waals surface area contributed by atoms with Crippen molar-refractivity contribution < 1.29 is 19.1 Å². The first-order valence-corrected chi connectivity index (χ1v) is 10.7. The molecule has 0 saturated carbocycles. The molecule has 0 aromatic heterocycles. The Labute approximate surface area is 189 Å². The van der Waals surface area contributed by atoms with Crippen molar-refractivity contribution in [2.45, 2.75) is 13.8 Å². The number of carbonyl (C=O) groups excluding carboxylic acids is 2. The van der Waals surface area contributed by atoms with E-state index in [-0.39, 0.29) is 29.2 Å². The highest BCUT2D eigenvalue weighted by molar-refractivity contribution is 8.26. The fourth-order valence-corrected chi connectivity index (χ4v) is 4.02. The summed E-state index contributed by atoms with van der Waals surface area (Å²) < 4.78 is 11.7. The minimum absolute atomic E-state index is 0.235. The molecule has 0 atom stereocenters. The molecule has 1 aliphatic heterocycles. The van der Waals surface area contributed by atoms with Crippen molar-refractivity contribution in [2.75, 3.05) is 18.5 Å². The van der Waals surface area contributed by atoms with Crippen LogP contribution in [0.4, 0.5) is 5.69 Å². The van der Waals surface area contributed by atoms with E-state index in [0.29, 0.717) is 32.8 Å². The van der Waals surface area contributed by atoms with Gasteiger partial charge in [0.2, 0.25) is 0 Å². The van der Waals surface area contributed by atoms with Crippen molar-refractivity contribution in [1.29, 1.82) is 0 Å². The third-order valence-electron chi connectivity index (χ3n) is 3.92. The molecular formula is C21H19ClN2O4S2. The van der Waals surface area contributed by atoms with Crippen LogP contribution in [0.25, 0.3) is 6.08 Å². The third-order valence-corrected chi connectivity index (χ3v) is 5.36. The highest BCUT2D eigenvalue weighted by atomic mass is 35.5. The highest BCUT2D eigenvalue weighted by Gasteiger charge is 2.22. The standard InChI is InChI=1S/C21H19ClN2O4S2/c1-3-27-16-9-13(10-17-20(26)24-21(29)30-17)8-15(22)19(16)28-11-18(25)23-14-6-4-5-12(2)7-14/h4-10H,3,11H2,1-2H3,(H,23,25)(H,24,26,29)/b17-10-. The molecule has 0 aliphatic carbocycles. The quantitative estimate of drug-likeness (QED) is 0.464. The van der Waals surface area contributed by atoms with Crippen LogP contribution in [0.1, 0.15) is 18.1 Å². The van der Waals surface area contributed by atoms with Crippen molar-refractivity contribution in [1.82, 2.24) is 5.32 Å². The summed E-state index contributed by atoms with van der Waals surface area (Å²) in [5, 5.41) is 5.60. The molecule has 6 nitrogen and oxygen atoms in total. The largest absolute Gasteiger partial charge is 0.490 e. The number of halogens is 1. The van der Waals surface area contributed by atoms with Gasteiger partial charge in [0.25, 0.3) is 11.8 Å². The lowest BCUT2D eigenvalue weighted by Gasteiger charge is -2.14. The molecule has 9 heteroatoms. The van der Waals surface area contributed by atoms with Gasteiger partial charge >= 0.3 is 0 Å². The number of nitrogens with one attached hydrogen (secondary N) is 2. The zero-order valence-corrected chi connectivity index (χ0v) is 18.7. The third kappa shape index (κ3) is 5.75. The summed E-state index contributed by atoms with van der Waals surface area (Å²) in [5.41, 5.74) is 2.38. The normalized spacial score (nSPS) is 14.6. The summed E-state index contributed by atoms with van der Waals surface area (Å²) in [5.74, 6) is 0.0652. The fourth-order valence-electron chi connectivity index (χ4n) is 2.70. The smallest absolute Gasteiger partial charge is 0.263 e.